The number of hydrazine groups is 1. The summed E-state index contributed by atoms with van der Waals surface area (Å²) in [6, 6.07) is 19.0. The minimum Gasteiger partial charge on any atom is -0.257 e. The molecule has 3 rings (SSSR count). The van der Waals surface area contributed by atoms with Crippen molar-refractivity contribution >= 4 is 11.6 Å². The highest BCUT2D eigenvalue weighted by Crippen LogP contribution is 2.33. The van der Waals surface area contributed by atoms with Gasteiger partial charge in [-0.3, -0.25) is 5.43 Å². The Morgan fingerprint density at radius 2 is 1.61 bits per heavy atom. The molecule has 2 unspecified atom stereocenters. The third-order valence-electron chi connectivity index (χ3n) is 3.44. The van der Waals surface area contributed by atoms with E-state index < -0.39 is 0 Å². The molecule has 2 atom stereocenters. The molecule has 2 nitrogen and oxygen atoms in total. The van der Waals surface area contributed by atoms with Gasteiger partial charge in [0.15, 0.2) is 0 Å². The van der Waals surface area contributed by atoms with Crippen molar-refractivity contribution in [3.05, 3.63) is 70.7 Å². The standard InChI is InChI=1S/C15H15ClN2/c16-13-8-6-12(7-9-13)15-14(10-17-18-15)11-4-2-1-3-5-11/h1-9,14-15,17-18H,10H2. The van der Waals surface area contributed by atoms with E-state index in [2.05, 4.69) is 53.3 Å². The summed E-state index contributed by atoms with van der Waals surface area (Å²) in [6.07, 6.45) is 0. The zero-order valence-corrected chi connectivity index (χ0v) is 10.7. The van der Waals surface area contributed by atoms with Crippen molar-refractivity contribution in [3.8, 4) is 0 Å². The summed E-state index contributed by atoms with van der Waals surface area (Å²) >= 11 is 5.94. The Balaban J connectivity index is 1.90. The van der Waals surface area contributed by atoms with Gasteiger partial charge in [-0.15, -0.1) is 0 Å². The maximum Gasteiger partial charge on any atom is 0.0543 e. The second-order valence-corrected chi connectivity index (χ2v) is 5.01. The molecule has 1 aliphatic heterocycles. The van der Waals surface area contributed by atoms with Crippen molar-refractivity contribution in [2.24, 2.45) is 0 Å². The minimum absolute atomic E-state index is 0.296. The van der Waals surface area contributed by atoms with E-state index in [9.17, 15) is 0 Å². The number of nitrogens with one attached hydrogen (secondary N) is 2. The van der Waals surface area contributed by atoms with Crippen LogP contribution in [0.25, 0.3) is 0 Å². The zero-order valence-electron chi connectivity index (χ0n) is 9.94. The Bertz CT molecular complexity index is 510. The Morgan fingerprint density at radius 3 is 2.33 bits per heavy atom. The van der Waals surface area contributed by atoms with E-state index >= 15 is 0 Å². The Hall–Kier alpha value is -1.35. The van der Waals surface area contributed by atoms with Crippen LogP contribution in [0.2, 0.25) is 5.02 Å². The molecular weight excluding hydrogens is 244 g/mol. The lowest BCUT2D eigenvalue weighted by molar-refractivity contribution is 0.554. The van der Waals surface area contributed by atoms with Crippen molar-refractivity contribution in [3.63, 3.8) is 0 Å². The van der Waals surface area contributed by atoms with Crippen LogP contribution >= 0.6 is 11.6 Å². The fourth-order valence-electron chi connectivity index (χ4n) is 2.49. The fraction of sp³-hybridized carbons (Fsp3) is 0.200. The average Bonchev–Trinajstić information content (AvgIpc) is 2.90. The van der Waals surface area contributed by atoms with E-state index in [4.69, 9.17) is 11.6 Å². The molecule has 2 aromatic rings. The minimum atomic E-state index is 0.296. The number of halogens is 1. The molecule has 92 valence electrons. The largest absolute Gasteiger partial charge is 0.257 e. The highest BCUT2D eigenvalue weighted by molar-refractivity contribution is 6.30. The highest BCUT2D eigenvalue weighted by Gasteiger charge is 2.29. The number of rotatable bonds is 2. The normalized spacial score (nSPS) is 23.2. The Labute approximate surface area is 112 Å². The van der Waals surface area contributed by atoms with Crippen LogP contribution in [0.4, 0.5) is 0 Å². The number of hydrogen-bond donors (Lipinski definition) is 2. The van der Waals surface area contributed by atoms with Crippen molar-refractivity contribution < 1.29 is 0 Å². The Kier molecular flexibility index (Phi) is 3.33. The molecule has 0 saturated carbocycles. The van der Waals surface area contributed by atoms with Gasteiger partial charge in [0, 0.05) is 17.5 Å². The lowest BCUT2D eigenvalue weighted by Crippen LogP contribution is -2.24. The van der Waals surface area contributed by atoms with Crippen molar-refractivity contribution in [1.82, 2.24) is 10.9 Å². The first kappa shape index (κ1) is 11.7. The SMILES string of the molecule is Clc1ccc(C2NNCC2c2ccccc2)cc1. The first-order valence-electron chi connectivity index (χ1n) is 6.13. The topological polar surface area (TPSA) is 24.1 Å². The summed E-state index contributed by atoms with van der Waals surface area (Å²) in [7, 11) is 0. The number of benzene rings is 2. The van der Waals surface area contributed by atoms with Crippen LogP contribution in [0.3, 0.4) is 0 Å². The molecule has 1 aliphatic rings. The lowest BCUT2D eigenvalue weighted by atomic mass is 9.89. The summed E-state index contributed by atoms with van der Waals surface area (Å²) in [5.74, 6) is 0.451. The molecule has 3 heteroatoms. The predicted molar refractivity (Wildman–Crippen MR) is 74.5 cm³/mol. The first-order valence-corrected chi connectivity index (χ1v) is 6.51. The summed E-state index contributed by atoms with van der Waals surface area (Å²) in [6.45, 7) is 0.942. The molecule has 1 heterocycles. The molecule has 2 aromatic carbocycles. The van der Waals surface area contributed by atoms with E-state index in [1.807, 2.05) is 12.1 Å². The van der Waals surface area contributed by atoms with E-state index in [1.54, 1.807) is 0 Å². The third-order valence-corrected chi connectivity index (χ3v) is 3.69. The van der Waals surface area contributed by atoms with Crippen LogP contribution in [0.5, 0.6) is 0 Å². The molecule has 2 N–H and O–H groups in total. The van der Waals surface area contributed by atoms with Crippen molar-refractivity contribution in [1.29, 1.82) is 0 Å². The third kappa shape index (κ3) is 2.27. The summed E-state index contributed by atoms with van der Waals surface area (Å²) in [5.41, 5.74) is 9.22. The van der Waals surface area contributed by atoms with Gasteiger partial charge in [0.25, 0.3) is 0 Å². The van der Waals surface area contributed by atoms with Crippen molar-refractivity contribution in [2.45, 2.75) is 12.0 Å². The second-order valence-electron chi connectivity index (χ2n) is 4.57. The van der Waals surface area contributed by atoms with Gasteiger partial charge in [-0.2, -0.15) is 0 Å². The van der Waals surface area contributed by atoms with Gasteiger partial charge in [0.05, 0.1) is 6.04 Å². The molecular formula is C15H15ClN2. The maximum atomic E-state index is 5.94. The fourth-order valence-corrected chi connectivity index (χ4v) is 2.62. The van der Waals surface area contributed by atoms with Crippen LogP contribution in [0.15, 0.2) is 54.6 Å². The van der Waals surface area contributed by atoms with Gasteiger partial charge in [-0.05, 0) is 23.3 Å². The quantitative estimate of drug-likeness (QED) is 0.864. The van der Waals surface area contributed by atoms with Gasteiger partial charge in [-0.1, -0.05) is 54.1 Å². The molecule has 1 fully saturated rings. The number of hydrogen-bond acceptors (Lipinski definition) is 2. The van der Waals surface area contributed by atoms with Gasteiger partial charge in [-0.25, -0.2) is 5.43 Å². The van der Waals surface area contributed by atoms with Gasteiger partial charge < -0.3 is 0 Å². The smallest absolute Gasteiger partial charge is 0.0543 e. The van der Waals surface area contributed by atoms with Crippen LogP contribution in [-0.4, -0.2) is 6.54 Å². The zero-order chi connectivity index (χ0) is 12.4. The second kappa shape index (κ2) is 5.11. The van der Waals surface area contributed by atoms with E-state index in [1.165, 1.54) is 11.1 Å². The van der Waals surface area contributed by atoms with Crippen LogP contribution in [0.1, 0.15) is 23.1 Å². The average molecular weight is 259 g/mol. The van der Waals surface area contributed by atoms with Crippen LogP contribution in [-0.2, 0) is 0 Å². The van der Waals surface area contributed by atoms with E-state index in [-0.39, 0.29) is 0 Å². The molecule has 0 aliphatic carbocycles. The monoisotopic (exact) mass is 258 g/mol. The Morgan fingerprint density at radius 1 is 0.889 bits per heavy atom. The van der Waals surface area contributed by atoms with Crippen LogP contribution in [0, 0.1) is 0 Å². The molecule has 1 saturated heterocycles. The van der Waals surface area contributed by atoms with Crippen molar-refractivity contribution in [2.75, 3.05) is 6.54 Å². The summed E-state index contributed by atoms with van der Waals surface area (Å²) in [4.78, 5) is 0. The molecule has 0 amide bonds. The molecule has 0 aromatic heterocycles. The summed E-state index contributed by atoms with van der Waals surface area (Å²) < 4.78 is 0. The van der Waals surface area contributed by atoms with E-state index in [0.717, 1.165) is 11.6 Å². The van der Waals surface area contributed by atoms with Gasteiger partial charge in [0.1, 0.15) is 0 Å². The molecule has 18 heavy (non-hydrogen) atoms. The maximum absolute atomic E-state index is 5.94. The molecule has 0 spiro atoms. The lowest BCUT2D eigenvalue weighted by Gasteiger charge is -2.19. The van der Waals surface area contributed by atoms with Crippen LogP contribution < -0.4 is 10.9 Å². The molecule has 0 radical (unpaired) electrons. The predicted octanol–water partition coefficient (Wildman–Crippen LogP) is 3.27. The molecule has 0 bridgehead atoms. The van der Waals surface area contributed by atoms with Gasteiger partial charge in [0.2, 0.25) is 0 Å². The van der Waals surface area contributed by atoms with Gasteiger partial charge >= 0.3 is 0 Å². The summed E-state index contributed by atoms with van der Waals surface area (Å²) in [5, 5.41) is 0.779. The highest BCUT2D eigenvalue weighted by atomic mass is 35.5. The first-order chi connectivity index (χ1) is 8.84. The van der Waals surface area contributed by atoms with E-state index in [0.29, 0.717) is 12.0 Å².